The van der Waals surface area contributed by atoms with E-state index in [9.17, 15) is 32.9 Å². The third-order valence-corrected chi connectivity index (χ3v) is 2.62. The number of halogens is 4. The molecule has 0 radical (unpaired) electrons. The predicted octanol–water partition coefficient (Wildman–Crippen LogP) is 2.73. The summed E-state index contributed by atoms with van der Waals surface area (Å²) in [4.78, 5) is 0. The van der Waals surface area contributed by atoms with Crippen molar-refractivity contribution in [3.63, 3.8) is 0 Å². The zero-order valence-electron chi connectivity index (χ0n) is 9.46. The van der Waals surface area contributed by atoms with E-state index >= 15 is 0 Å². The first-order valence-corrected chi connectivity index (χ1v) is 5.06. The molecule has 2 aromatic carbocycles. The number of phenolic OH excluding ortho intramolecular Hbond substituents is 4. The number of aromatic hydroxyl groups is 4. The summed E-state index contributed by atoms with van der Waals surface area (Å²) in [6.07, 6.45) is 0. The van der Waals surface area contributed by atoms with Gasteiger partial charge in [-0.25, -0.2) is 13.2 Å². The van der Waals surface area contributed by atoms with E-state index < -0.39 is 57.4 Å². The van der Waals surface area contributed by atoms with Crippen molar-refractivity contribution in [2.24, 2.45) is 0 Å². The van der Waals surface area contributed by atoms with E-state index in [0.717, 1.165) is 12.1 Å². The Morgan fingerprint density at radius 3 is 1.70 bits per heavy atom. The lowest BCUT2D eigenvalue weighted by molar-refractivity contribution is 0.359. The van der Waals surface area contributed by atoms with Crippen LogP contribution in [0.15, 0.2) is 12.1 Å². The van der Waals surface area contributed by atoms with Crippen LogP contribution in [0.3, 0.4) is 0 Å². The maximum atomic E-state index is 13.7. The Morgan fingerprint density at radius 2 is 1.10 bits per heavy atom. The largest absolute Gasteiger partial charge is 0.507 e. The van der Waals surface area contributed by atoms with Gasteiger partial charge in [0.15, 0.2) is 34.7 Å². The van der Waals surface area contributed by atoms with Crippen LogP contribution in [0.4, 0.5) is 17.6 Å². The van der Waals surface area contributed by atoms with Crippen LogP contribution in [0.1, 0.15) is 0 Å². The molecule has 0 saturated heterocycles. The molecule has 2 rings (SSSR count). The quantitative estimate of drug-likeness (QED) is 0.214. The van der Waals surface area contributed by atoms with E-state index in [4.69, 9.17) is 5.11 Å². The molecule has 0 saturated carbocycles. The highest BCUT2D eigenvalue weighted by molar-refractivity contribution is 5.80. The highest BCUT2D eigenvalue weighted by atomic mass is 19.2. The van der Waals surface area contributed by atoms with Gasteiger partial charge in [0.1, 0.15) is 5.75 Å². The van der Waals surface area contributed by atoms with Crippen molar-refractivity contribution in [2.45, 2.75) is 0 Å². The van der Waals surface area contributed by atoms with Gasteiger partial charge in [-0.1, -0.05) is 0 Å². The molecular weight excluding hydrogens is 284 g/mol. The average molecular weight is 290 g/mol. The molecule has 4 nitrogen and oxygen atoms in total. The van der Waals surface area contributed by atoms with Crippen LogP contribution >= 0.6 is 0 Å². The summed E-state index contributed by atoms with van der Waals surface area (Å²) >= 11 is 0. The van der Waals surface area contributed by atoms with E-state index in [1.165, 1.54) is 0 Å². The van der Waals surface area contributed by atoms with Gasteiger partial charge < -0.3 is 20.4 Å². The molecule has 0 amide bonds. The van der Waals surface area contributed by atoms with Gasteiger partial charge in [0, 0.05) is 0 Å². The van der Waals surface area contributed by atoms with Gasteiger partial charge in [0.25, 0.3) is 0 Å². The van der Waals surface area contributed by atoms with E-state index in [2.05, 4.69) is 0 Å². The van der Waals surface area contributed by atoms with Gasteiger partial charge >= 0.3 is 0 Å². The van der Waals surface area contributed by atoms with Crippen LogP contribution in [-0.2, 0) is 0 Å². The fraction of sp³-hybridized carbons (Fsp3) is 0. The van der Waals surface area contributed by atoms with E-state index in [0.29, 0.717) is 0 Å². The molecule has 8 heteroatoms. The lowest BCUT2D eigenvalue weighted by atomic mass is 10.0. The third kappa shape index (κ3) is 1.77. The summed E-state index contributed by atoms with van der Waals surface area (Å²) in [6.45, 7) is 0. The molecule has 0 heterocycles. The minimum Gasteiger partial charge on any atom is -0.507 e. The average Bonchev–Trinajstić information content (AvgIpc) is 2.42. The van der Waals surface area contributed by atoms with E-state index in [-0.39, 0.29) is 0 Å². The van der Waals surface area contributed by atoms with Crippen LogP contribution in [0.2, 0.25) is 0 Å². The standard InChI is InChI=1S/C12H6F4O4/c13-7-6(8(14)12(20)10(16)9(7)15)5-3(17)1-2-4(18)11(5)19/h1-2,17-20H. The maximum absolute atomic E-state index is 13.7. The molecule has 106 valence electrons. The highest BCUT2D eigenvalue weighted by Crippen LogP contribution is 2.46. The lowest BCUT2D eigenvalue weighted by Gasteiger charge is -2.12. The summed E-state index contributed by atoms with van der Waals surface area (Å²) in [5.74, 6) is -13.1. The summed E-state index contributed by atoms with van der Waals surface area (Å²) in [5.41, 5.74) is -2.43. The Bertz CT molecular complexity index is 686. The van der Waals surface area contributed by atoms with Gasteiger partial charge in [0.2, 0.25) is 5.82 Å². The Labute approximate surface area is 108 Å². The fourth-order valence-electron chi connectivity index (χ4n) is 1.66. The molecule has 0 aliphatic carbocycles. The van der Waals surface area contributed by atoms with E-state index in [1.54, 1.807) is 0 Å². The van der Waals surface area contributed by atoms with Gasteiger partial charge in [-0.05, 0) is 12.1 Å². The van der Waals surface area contributed by atoms with Crippen LogP contribution in [0.25, 0.3) is 11.1 Å². The molecule has 0 atom stereocenters. The van der Waals surface area contributed by atoms with Crippen molar-refractivity contribution in [1.82, 2.24) is 0 Å². The second-order valence-corrected chi connectivity index (χ2v) is 3.81. The minimum absolute atomic E-state index is 0.765. The van der Waals surface area contributed by atoms with Crippen LogP contribution in [0, 0.1) is 23.3 Å². The van der Waals surface area contributed by atoms with Crippen molar-refractivity contribution in [1.29, 1.82) is 0 Å². The first kappa shape index (κ1) is 13.8. The second-order valence-electron chi connectivity index (χ2n) is 3.81. The number of phenols is 4. The molecule has 4 N–H and O–H groups in total. The van der Waals surface area contributed by atoms with Gasteiger partial charge in [-0.3, -0.25) is 0 Å². The molecule has 0 bridgehead atoms. The number of benzene rings is 2. The second kappa shape index (κ2) is 4.48. The molecule has 0 aliphatic rings. The Morgan fingerprint density at radius 1 is 0.550 bits per heavy atom. The van der Waals surface area contributed by atoms with Crippen molar-refractivity contribution >= 4 is 0 Å². The normalized spacial score (nSPS) is 10.8. The van der Waals surface area contributed by atoms with Crippen LogP contribution in [0.5, 0.6) is 23.0 Å². The molecule has 0 aliphatic heterocycles. The summed E-state index contributed by atoms with van der Waals surface area (Å²) in [6, 6.07) is 1.57. The molecule has 20 heavy (non-hydrogen) atoms. The zero-order valence-corrected chi connectivity index (χ0v) is 9.46. The van der Waals surface area contributed by atoms with Crippen LogP contribution in [-0.4, -0.2) is 20.4 Å². The number of hydrogen-bond acceptors (Lipinski definition) is 4. The molecule has 0 spiro atoms. The SMILES string of the molecule is Oc1ccc(O)c(-c2c(F)c(O)c(F)c(F)c2F)c1O. The summed E-state index contributed by atoms with van der Waals surface area (Å²) in [7, 11) is 0. The van der Waals surface area contributed by atoms with Crippen molar-refractivity contribution in [3.05, 3.63) is 35.4 Å². The smallest absolute Gasteiger partial charge is 0.206 e. The highest BCUT2D eigenvalue weighted by Gasteiger charge is 2.30. The number of hydrogen-bond donors (Lipinski definition) is 4. The Hall–Kier alpha value is -2.64. The Balaban J connectivity index is 2.95. The van der Waals surface area contributed by atoms with Gasteiger partial charge in [-0.15, -0.1) is 0 Å². The summed E-state index contributed by atoms with van der Waals surface area (Å²) < 4.78 is 53.4. The topological polar surface area (TPSA) is 80.9 Å². The molecule has 0 unspecified atom stereocenters. The molecule has 0 fully saturated rings. The fourth-order valence-corrected chi connectivity index (χ4v) is 1.66. The molecular formula is C12H6F4O4. The Kier molecular flexibility index (Phi) is 3.09. The molecule has 2 aromatic rings. The van der Waals surface area contributed by atoms with Crippen molar-refractivity contribution in [2.75, 3.05) is 0 Å². The number of rotatable bonds is 1. The zero-order chi connectivity index (χ0) is 15.2. The minimum atomic E-state index is -2.19. The third-order valence-electron chi connectivity index (χ3n) is 2.62. The van der Waals surface area contributed by atoms with Crippen LogP contribution < -0.4 is 0 Å². The first-order valence-electron chi connectivity index (χ1n) is 5.06. The lowest BCUT2D eigenvalue weighted by Crippen LogP contribution is -2.00. The van der Waals surface area contributed by atoms with Gasteiger partial charge in [-0.2, -0.15) is 4.39 Å². The first-order chi connectivity index (χ1) is 9.27. The monoisotopic (exact) mass is 290 g/mol. The predicted molar refractivity (Wildman–Crippen MR) is 58.4 cm³/mol. The van der Waals surface area contributed by atoms with Gasteiger partial charge in [0.05, 0.1) is 11.1 Å². The maximum Gasteiger partial charge on any atom is 0.206 e. The van der Waals surface area contributed by atoms with Crippen molar-refractivity contribution < 1.29 is 38.0 Å². The molecule has 0 aromatic heterocycles. The summed E-state index contributed by atoms with van der Waals surface area (Å²) in [5, 5.41) is 37.2. The van der Waals surface area contributed by atoms with Crippen molar-refractivity contribution in [3.8, 4) is 34.1 Å². The van der Waals surface area contributed by atoms with E-state index in [1.807, 2.05) is 0 Å².